The number of halogens is 1. The van der Waals surface area contributed by atoms with E-state index in [9.17, 15) is 0 Å². The van der Waals surface area contributed by atoms with Crippen molar-refractivity contribution in [3.63, 3.8) is 0 Å². The number of methoxy groups -OCH3 is 1. The summed E-state index contributed by atoms with van der Waals surface area (Å²) in [4.78, 5) is 11.4. The summed E-state index contributed by atoms with van der Waals surface area (Å²) in [6, 6.07) is 15.9. The summed E-state index contributed by atoms with van der Waals surface area (Å²) in [6.07, 6.45) is 0.965. The Morgan fingerprint density at radius 2 is 1.96 bits per heavy atom. The van der Waals surface area contributed by atoms with Crippen LogP contribution < -0.4 is 15.0 Å². The number of anilines is 3. The number of hydrogen-bond acceptors (Lipinski definition) is 5. The van der Waals surface area contributed by atoms with Gasteiger partial charge in [0.05, 0.1) is 7.11 Å². The van der Waals surface area contributed by atoms with E-state index in [0.29, 0.717) is 5.02 Å². The minimum Gasteiger partial charge on any atom is -0.497 e. The highest BCUT2D eigenvalue weighted by molar-refractivity contribution is 6.30. The van der Waals surface area contributed by atoms with Crippen LogP contribution in [0.5, 0.6) is 5.75 Å². The highest BCUT2D eigenvalue weighted by Crippen LogP contribution is 2.28. The molecule has 6 heteroatoms. The number of fused-ring (bicyclic) bond motifs is 1. The molecule has 27 heavy (non-hydrogen) atoms. The molecule has 0 saturated carbocycles. The largest absolute Gasteiger partial charge is 0.497 e. The van der Waals surface area contributed by atoms with E-state index in [-0.39, 0.29) is 0 Å². The van der Waals surface area contributed by atoms with Crippen molar-refractivity contribution in [3.8, 4) is 5.75 Å². The number of nitrogens with one attached hydrogen (secondary N) is 1. The van der Waals surface area contributed by atoms with Crippen molar-refractivity contribution in [1.29, 1.82) is 0 Å². The van der Waals surface area contributed by atoms with Crippen molar-refractivity contribution in [2.24, 2.45) is 0 Å². The zero-order chi connectivity index (χ0) is 18.8. The van der Waals surface area contributed by atoms with Gasteiger partial charge in [-0.25, -0.2) is 9.97 Å². The average molecular weight is 381 g/mol. The number of rotatable bonds is 4. The van der Waals surface area contributed by atoms with Crippen LogP contribution in [0.3, 0.4) is 0 Å². The van der Waals surface area contributed by atoms with Crippen LogP contribution in [-0.4, -0.2) is 23.6 Å². The van der Waals surface area contributed by atoms with E-state index >= 15 is 0 Å². The summed E-state index contributed by atoms with van der Waals surface area (Å²) in [5.41, 5.74) is 3.55. The van der Waals surface area contributed by atoms with E-state index in [2.05, 4.69) is 32.3 Å². The number of benzene rings is 2. The first-order valence-electron chi connectivity index (χ1n) is 8.90. The van der Waals surface area contributed by atoms with Gasteiger partial charge < -0.3 is 15.0 Å². The van der Waals surface area contributed by atoms with E-state index in [0.717, 1.165) is 48.4 Å². The molecule has 3 aromatic rings. The van der Waals surface area contributed by atoms with E-state index < -0.39 is 0 Å². The van der Waals surface area contributed by atoms with Crippen LogP contribution in [0.1, 0.15) is 17.0 Å². The molecule has 4 rings (SSSR count). The predicted octanol–water partition coefficient (Wildman–Crippen LogP) is 4.75. The van der Waals surface area contributed by atoms with Crippen molar-refractivity contribution in [3.05, 3.63) is 70.5 Å². The molecule has 1 aromatic heterocycles. The molecule has 0 fully saturated rings. The van der Waals surface area contributed by atoms with Gasteiger partial charge in [-0.3, -0.25) is 0 Å². The predicted molar refractivity (Wildman–Crippen MR) is 109 cm³/mol. The molecule has 1 aliphatic rings. The zero-order valence-corrected chi connectivity index (χ0v) is 16.1. The van der Waals surface area contributed by atoms with Crippen LogP contribution >= 0.6 is 11.6 Å². The van der Waals surface area contributed by atoms with E-state index in [1.807, 2.05) is 43.3 Å². The Labute approximate surface area is 164 Å². The van der Waals surface area contributed by atoms with Gasteiger partial charge >= 0.3 is 0 Å². The molecule has 0 spiro atoms. The van der Waals surface area contributed by atoms with Crippen LogP contribution in [0.4, 0.5) is 17.3 Å². The van der Waals surface area contributed by atoms with E-state index in [1.165, 1.54) is 11.1 Å². The van der Waals surface area contributed by atoms with Gasteiger partial charge in [0.1, 0.15) is 23.2 Å². The monoisotopic (exact) mass is 380 g/mol. The lowest BCUT2D eigenvalue weighted by molar-refractivity contribution is 0.413. The molecule has 2 aromatic carbocycles. The van der Waals surface area contributed by atoms with Crippen LogP contribution in [0.25, 0.3) is 0 Å². The third-order valence-corrected chi connectivity index (χ3v) is 4.91. The Morgan fingerprint density at radius 1 is 1.07 bits per heavy atom. The van der Waals surface area contributed by atoms with Gasteiger partial charge in [-0.2, -0.15) is 0 Å². The quantitative estimate of drug-likeness (QED) is 0.707. The van der Waals surface area contributed by atoms with Gasteiger partial charge in [-0.1, -0.05) is 23.7 Å². The van der Waals surface area contributed by atoms with E-state index in [1.54, 1.807) is 7.11 Å². The second kappa shape index (κ2) is 7.45. The van der Waals surface area contributed by atoms with E-state index in [4.69, 9.17) is 16.3 Å². The molecule has 0 unspecified atom stereocenters. The highest BCUT2D eigenvalue weighted by Gasteiger charge is 2.19. The second-order valence-electron chi connectivity index (χ2n) is 6.60. The summed E-state index contributed by atoms with van der Waals surface area (Å²) in [5, 5.41) is 4.01. The fourth-order valence-electron chi connectivity index (χ4n) is 3.34. The molecule has 0 amide bonds. The summed E-state index contributed by atoms with van der Waals surface area (Å²) >= 11 is 6.07. The van der Waals surface area contributed by atoms with Crippen LogP contribution in [0.2, 0.25) is 5.02 Å². The molecule has 0 radical (unpaired) electrons. The van der Waals surface area contributed by atoms with Gasteiger partial charge in [-0.15, -0.1) is 0 Å². The summed E-state index contributed by atoms with van der Waals surface area (Å²) < 4.78 is 5.34. The van der Waals surface area contributed by atoms with Crippen LogP contribution in [-0.2, 0) is 13.0 Å². The standard InChI is InChI=1S/C21H21ClN4O/c1-14-23-20(25-18-5-3-4-17(22)11-18)12-21(24-14)26-9-8-15-10-19(27-2)7-6-16(15)13-26/h3-7,10-12H,8-9,13H2,1-2H3,(H,23,24,25). The molecule has 5 nitrogen and oxygen atoms in total. The van der Waals surface area contributed by atoms with Crippen LogP contribution in [0.15, 0.2) is 48.5 Å². The minimum atomic E-state index is 0.689. The Bertz CT molecular complexity index is 976. The lowest BCUT2D eigenvalue weighted by atomic mass is 9.99. The van der Waals surface area contributed by atoms with Crippen molar-refractivity contribution in [2.75, 3.05) is 23.9 Å². The maximum Gasteiger partial charge on any atom is 0.136 e. The molecular weight excluding hydrogens is 360 g/mol. The molecule has 0 aliphatic carbocycles. The van der Waals surface area contributed by atoms with Crippen LogP contribution in [0, 0.1) is 6.92 Å². The van der Waals surface area contributed by atoms with Gasteiger partial charge in [0.15, 0.2) is 0 Å². The van der Waals surface area contributed by atoms with Gasteiger partial charge in [-0.05, 0) is 54.8 Å². The van der Waals surface area contributed by atoms with Crippen molar-refractivity contribution < 1.29 is 4.74 Å². The highest BCUT2D eigenvalue weighted by atomic mass is 35.5. The third-order valence-electron chi connectivity index (χ3n) is 4.67. The third kappa shape index (κ3) is 3.98. The summed E-state index contributed by atoms with van der Waals surface area (Å²) in [7, 11) is 1.70. The molecule has 1 N–H and O–H groups in total. The molecule has 1 aliphatic heterocycles. The molecule has 2 heterocycles. The van der Waals surface area contributed by atoms with Gasteiger partial charge in [0.2, 0.25) is 0 Å². The fourth-order valence-corrected chi connectivity index (χ4v) is 3.53. The van der Waals surface area contributed by atoms with Gasteiger partial charge in [0, 0.05) is 29.9 Å². The molecule has 0 bridgehead atoms. The summed E-state index contributed by atoms with van der Waals surface area (Å²) in [6.45, 7) is 3.65. The van der Waals surface area contributed by atoms with Crippen molar-refractivity contribution in [1.82, 2.24) is 9.97 Å². The molecule has 0 saturated heterocycles. The maximum absolute atomic E-state index is 6.07. The number of aromatic nitrogens is 2. The number of hydrogen-bond donors (Lipinski definition) is 1. The Hall–Kier alpha value is -2.79. The number of aryl methyl sites for hydroxylation is 1. The Kier molecular flexibility index (Phi) is 4.86. The first-order chi connectivity index (χ1) is 13.1. The SMILES string of the molecule is COc1ccc2c(c1)CCN(c1cc(Nc3cccc(Cl)c3)nc(C)n1)C2. The average Bonchev–Trinajstić information content (AvgIpc) is 2.66. The van der Waals surface area contributed by atoms with Gasteiger partial charge in [0.25, 0.3) is 0 Å². The number of nitrogens with zero attached hydrogens (tertiary/aromatic N) is 3. The first kappa shape index (κ1) is 17.6. The molecular formula is C21H21ClN4O. The van der Waals surface area contributed by atoms with Crippen molar-refractivity contribution >= 4 is 28.9 Å². The molecule has 138 valence electrons. The first-order valence-corrected chi connectivity index (χ1v) is 9.27. The Balaban J connectivity index is 1.58. The smallest absolute Gasteiger partial charge is 0.136 e. The minimum absolute atomic E-state index is 0.689. The molecule has 0 atom stereocenters. The maximum atomic E-state index is 6.07. The van der Waals surface area contributed by atoms with Crippen molar-refractivity contribution in [2.45, 2.75) is 19.9 Å². The lowest BCUT2D eigenvalue weighted by Crippen LogP contribution is -2.31. The Morgan fingerprint density at radius 3 is 2.78 bits per heavy atom. The lowest BCUT2D eigenvalue weighted by Gasteiger charge is -2.30. The zero-order valence-electron chi connectivity index (χ0n) is 15.4. The fraction of sp³-hybridized carbons (Fsp3) is 0.238. The topological polar surface area (TPSA) is 50.3 Å². The normalized spacial score (nSPS) is 13.2. The second-order valence-corrected chi connectivity index (χ2v) is 7.04. The summed E-state index contributed by atoms with van der Waals surface area (Å²) in [5.74, 6) is 3.33. The number of ether oxygens (including phenoxy) is 1.